The highest BCUT2D eigenvalue weighted by Gasteiger charge is 2.35. The maximum absolute atomic E-state index is 13.0. The van der Waals surface area contributed by atoms with Gasteiger partial charge in [0, 0.05) is 22.3 Å². The lowest BCUT2D eigenvalue weighted by atomic mass is 10.0. The summed E-state index contributed by atoms with van der Waals surface area (Å²) in [5.41, 5.74) is -1.41. The van der Waals surface area contributed by atoms with Crippen LogP contribution < -0.4 is 0 Å². The molecule has 2 rings (SSSR count). The average molecular weight is 357 g/mol. The molecule has 0 saturated carbocycles. The molecule has 0 fully saturated rings. The van der Waals surface area contributed by atoms with Gasteiger partial charge >= 0.3 is 6.18 Å². The second-order valence-corrected chi connectivity index (χ2v) is 5.34. The summed E-state index contributed by atoms with van der Waals surface area (Å²) in [6.45, 7) is -0.854. The Balaban J connectivity index is 2.77. The Labute approximate surface area is 133 Å². The molecular formula is C13H7Cl3F3NO. The lowest BCUT2D eigenvalue weighted by molar-refractivity contribution is -0.138. The van der Waals surface area contributed by atoms with Crippen molar-refractivity contribution in [2.45, 2.75) is 12.8 Å². The molecule has 2 aromatic rings. The number of aliphatic hydroxyl groups is 1. The van der Waals surface area contributed by atoms with Crippen molar-refractivity contribution in [1.82, 2.24) is 4.98 Å². The summed E-state index contributed by atoms with van der Waals surface area (Å²) in [5, 5.41) is 9.65. The molecule has 1 heterocycles. The Morgan fingerprint density at radius 1 is 1.10 bits per heavy atom. The van der Waals surface area contributed by atoms with Crippen molar-refractivity contribution in [3.63, 3.8) is 0 Å². The number of halogens is 6. The summed E-state index contributed by atoms with van der Waals surface area (Å²) < 4.78 is 38.9. The molecule has 8 heteroatoms. The second kappa shape index (κ2) is 6.01. The largest absolute Gasteiger partial charge is 0.416 e. The third-order valence-corrected chi connectivity index (χ3v) is 3.58. The van der Waals surface area contributed by atoms with E-state index in [1.165, 1.54) is 12.1 Å². The van der Waals surface area contributed by atoms with Gasteiger partial charge in [0.15, 0.2) is 0 Å². The van der Waals surface area contributed by atoms with Crippen LogP contribution in [-0.2, 0) is 12.8 Å². The standard InChI is InChI=1S/C13H7Cl3F3NO/c14-6-3-9(15)11(10(16)4-6)12-7(5-21)8(1-2-20-12)13(17,18)19/h1-4,21H,5H2. The highest BCUT2D eigenvalue weighted by atomic mass is 35.5. The van der Waals surface area contributed by atoms with Crippen LogP contribution in [-0.4, -0.2) is 10.1 Å². The molecule has 112 valence electrons. The van der Waals surface area contributed by atoms with E-state index in [1.54, 1.807) is 0 Å². The van der Waals surface area contributed by atoms with Crippen LogP contribution in [0.2, 0.25) is 15.1 Å². The summed E-state index contributed by atoms with van der Waals surface area (Å²) in [4.78, 5) is 3.87. The van der Waals surface area contributed by atoms with Crippen LogP contribution in [0.15, 0.2) is 24.4 Å². The van der Waals surface area contributed by atoms with E-state index in [0.29, 0.717) is 0 Å². The van der Waals surface area contributed by atoms with Gasteiger partial charge < -0.3 is 5.11 Å². The monoisotopic (exact) mass is 355 g/mol. The van der Waals surface area contributed by atoms with E-state index in [0.717, 1.165) is 12.3 Å². The summed E-state index contributed by atoms with van der Waals surface area (Å²) in [6.07, 6.45) is -3.64. The molecule has 0 amide bonds. The van der Waals surface area contributed by atoms with Crippen molar-refractivity contribution in [3.05, 3.63) is 50.6 Å². The average Bonchev–Trinajstić information content (AvgIpc) is 2.36. The molecule has 1 aromatic heterocycles. The molecule has 0 unspecified atom stereocenters. The van der Waals surface area contributed by atoms with E-state index < -0.39 is 23.9 Å². The highest BCUT2D eigenvalue weighted by Crippen LogP contribution is 2.41. The molecule has 0 aliphatic rings. The molecule has 1 N–H and O–H groups in total. The molecule has 2 nitrogen and oxygen atoms in total. The SMILES string of the molecule is OCc1c(C(F)(F)F)ccnc1-c1c(Cl)cc(Cl)cc1Cl. The van der Waals surface area contributed by atoms with Crippen LogP contribution in [0.3, 0.4) is 0 Å². The third-order valence-electron chi connectivity index (χ3n) is 2.76. The van der Waals surface area contributed by atoms with Crippen molar-refractivity contribution < 1.29 is 18.3 Å². The predicted molar refractivity (Wildman–Crippen MR) is 75.6 cm³/mol. The number of aliphatic hydroxyl groups excluding tert-OH is 1. The molecule has 0 radical (unpaired) electrons. The summed E-state index contributed by atoms with van der Waals surface area (Å²) >= 11 is 17.8. The maximum Gasteiger partial charge on any atom is 0.416 e. The van der Waals surface area contributed by atoms with E-state index in [4.69, 9.17) is 34.8 Å². The van der Waals surface area contributed by atoms with E-state index in [-0.39, 0.29) is 26.3 Å². The van der Waals surface area contributed by atoms with Crippen LogP contribution >= 0.6 is 34.8 Å². The van der Waals surface area contributed by atoms with Crippen LogP contribution in [0.25, 0.3) is 11.3 Å². The molecular weight excluding hydrogens is 350 g/mol. The summed E-state index contributed by atoms with van der Waals surface area (Å²) in [5.74, 6) is 0. The lowest BCUT2D eigenvalue weighted by Gasteiger charge is -2.16. The zero-order chi connectivity index (χ0) is 15.8. The van der Waals surface area contributed by atoms with Gasteiger partial charge in [0.1, 0.15) is 0 Å². The number of aromatic nitrogens is 1. The van der Waals surface area contributed by atoms with E-state index in [2.05, 4.69) is 4.98 Å². The van der Waals surface area contributed by atoms with Crippen LogP contribution in [0, 0.1) is 0 Å². The van der Waals surface area contributed by atoms with Crippen molar-refractivity contribution in [3.8, 4) is 11.3 Å². The Hall–Kier alpha value is -1.01. The minimum Gasteiger partial charge on any atom is -0.392 e. The number of nitrogens with zero attached hydrogens (tertiary/aromatic N) is 1. The minimum atomic E-state index is -4.62. The van der Waals surface area contributed by atoms with Gasteiger partial charge in [-0.25, -0.2) is 0 Å². The van der Waals surface area contributed by atoms with E-state index in [9.17, 15) is 18.3 Å². The molecule has 0 atom stereocenters. The minimum absolute atomic E-state index is 0.0500. The maximum atomic E-state index is 13.0. The molecule has 0 saturated heterocycles. The zero-order valence-corrected chi connectivity index (χ0v) is 12.4. The zero-order valence-electron chi connectivity index (χ0n) is 10.2. The second-order valence-electron chi connectivity index (χ2n) is 4.09. The molecule has 0 aliphatic heterocycles. The van der Waals surface area contributed by atoms with Gasteiger partial charge in [-0.15, -0.1) is 0 Å². The topological polar surface area (TPSA) is 33.1 Å². The van der Waals surface area contributed by atoms with Gasteiger partial charge in [-0.1, -0.05) is 34.8 Å². The Morgan fingerprint density at radius 3 is 2.14 bits per heavy atom. The van der Waals surface area contributed by atoms with Gasteiger partial charge in [0.2, 0.25) is 0 Å². The number of benzene rings is 1. The van der Waals surface area contributed by atoms with Crippen LogP contribution in [0.1, 0.15) is 11.1 Å². The fourth-order valence-electron chi connectivity index (χ4n) is 1.90. The molecule has 1 aromatic carbocycles. The smallest absolute Gasteiger partial charge is 0.392 e. The van der Waals surface area contributed by atoms with Gasteiger partial charge in [-0.05, 0) is 18.2 Å². The Bertz CT molecular complexity index is 666. The van der Waals surface area contributed by atoms with Crippen molar-refractivity contribution in [2.24, 2.45) is 0 Å². The van der Waals surface area contributed by atoms with Crippen LogP contribution in [0.4, 0.5) is 13.2 Å². The first kappa shape index (κ1) is 16.4. The van der Waals surface area contributed by atoms with Gasteiger partial charge in [0.05, 0.1) is 27.9 Å². The summed E-state index contributed by atoms with van der Waals surface area (Å²) in [7, 11) is 0. The van der Waals surface area contributed by atoms with Crippen LogP contribution in [0.5, 0.6) is 0 Å². The third kappa shape index (κ3) is 3.26. The first-order chi connectivity index (χ1) is 9.75. The van der Waals surface area contributed by atoms with Crippen molar-refractivity contribution in [2.75, 3.05) is 0 Å². The normalized spacial score (nSPS) is 11.8. The Morgan fingerprint density at radius 2 is 1.67 bits per heavy atom. The predicted octanol–water partition coefficient (Wildman–Crippen LogP) is 5.22. The van der Waals surface area contributed by atoms with E-state index in [1.807, 2.05) is 0 Å². The quantitative estimate of drug-likeness (QED) is 0.800. The number of rotatable bonds is 2. The first-order valence-corrected chi connectivity index (χ1v) is 6.70. The van der Waals surface area contributed by atoms with Gasteiger partial charge in [-0.2, -0.15) is 13.2 Å². The first-order valence-electron chi connectivity index (χ1n) is 5.56. The van der Waals surface area contributed by atoms with Crippen molar-refractivity contribution in [1.29, 1.82) is 0 Å². The van der Waals surface area contributed by atoms with Crippen molar-refractivity contribution >= 4 is 34.8 Å². The Kier molecular flexibility index (Phi) is 4.68. The molecule has 0 bridgehead atoms. The molecule has 0 aliphatic carbocycles. The van der Waals surface area contributed by atoms with Gasteiger partial charge in [-0.3, -0.25) is 4.98 Å². The fourth-order valence-corrected chi connectivity index (χ4v) is 2.90. The number of pyridine rings is 1. The number of alkyl halides is 3. The lowest BCUT2D eigenvalue weighted by Crippen LogP contribution is -2.11. The number of hydrogen-bond donors (Lipinski definition) is 1. The molecule has 21 heavy (non-hydrogen) atoms. The highest BCUT2D eigenvalue weighted by molar-refractivity contribution is 6.41. The molecule has 0 spiro atoms. The fraction of sp³-hybridized carbons (Fsp3) is 0.154. The summed E-state index contributed by atoms with van der Waals surface area (Å²) in [6, 6.07) is 3.47. The van der Waals surface area contributed by atoms with E-state index >= 15 is 0 Å². The van der Waals surface area contributed by atoms with Gasteiger partial charge in [0.25, 0.3) is 0 Å². The number of hydrogen-bond acceptors (Lipinski definition) is 2.